The molecule has 0 spiro atoms. The Bertz CT molecular complexity index is 705. The predicted molar refractivity (Wildman–Crippen MR) is 76.6 cm³/mol. The molecule has 1 aromatic carbocycles. The van der Waals surface area contributed by atoms with Crippen LogP contribution < -0.4 is 5.73 Å². The van der Waals surface area contributed by atoms with E-state index in [0.717, 1.165) is 16.7 Å². The van der Waals surface area contributed by atoms with Gasteiger partial charge in [0.2, 0.25) is 5.91 Å². The Kier molecular flexibility index (Phi) is 3.25. The summed E-state index contributed by atoms with van der Waals surface area (Å²) in [7, 11) is 0. The summed E-state index contributed by atoms with van der Waals surface area (Å²) in [6.07, 6.45) is 2.17. The van der Waals surface area contributed by atoms with E-state index in [-0.39, 0.29) is 11.7 Å². The van der Waals surface area contributed by atoms with E-state index >= 15 is 0 Å². The number of hydrogen-bond acceptors (Lipinski definition) is 3. The van der Waals surface area contributed by atoms with Gasteiger partial charge in [-0.2, -0.15) is 0 Å². The van der Waals surface area contributed by atoms with Gasteiger partial charge in [0.25, 0.3) is 5.91 Å². The van der Waals surface area contributed by atoms with Crippen molar-refractivity contribution in [3.63, 3.8) is 0 Å². The van der Waals surface area contributed by atoms with Gasteiger partial charge in [-0.25, -0.2) is 0 Å². The number of benzene rings is 1. The molecule has 0 bridgehead atoms. The Labute approximate surface area is 122 Å². The van der Waals surface area contributed by atoms with Gasteiger partial charge in [-0.05, 0) is 30.5 Å². The Morgan fingerprint density at radius 1 is 1.29 bits per heavy atom. The topological polar surface area (TPSA) is 76.5 Å². The lowest BCUT2D eigenvalue weighted by Gasteiger charge is -2.35. The number of nitrogens with zero attached hydrogens (tertiary/aromatic N) is 1. The van der Waals surface area contributed by atoms with Crippen molar-refractivity contribution in [3.8, 4) is 0 Å². The normalized spacial score (nSPS) is 17.4. The van der Waals surface area contributed by atoms with Crippen LogP contribution in [0.2, 0.25) is 0 Å². The largest absolute Gasteiger partial charge is 0.459 e. The van der Waals surface area contributed by atoms with Gasteiger partial charge < -0.3 is 15.1 Å². The van der Waals surface area contributed by atoms with Gasteiger partial charge >= 0.3 is 0 Å². The first-order valence-electron chi connectivity index (χ1n) is 6.82. The molecule has 1 aliphatic rings. The van der Waals surface area contributed by atoms with E-state index in [9.17, 15) is 9.59 Å². The number of carbonyl (C=O) groups is 2. The van der Waals surface area contributed by atoms with Crippen molar-refractivity contribution >= 4 is 11.8 Å². The van der Waals surface area contributed by atoms with Crippen LogP contribution in [-0.4, -0.2) is 23.3 Å². The number of amides is 2. The molecule has 2 N–H and O–H groups in total. The third-order valence-corrected chi connectivity index (χ3v) is 3.87. The Balaban J connectivity index is 2.02. The molecule has 2 heterocycles. The van der Waals surface area contributed by atoms with Gasteiger partial charge in [0.05, 0.1) is 6.26 Å². The van der Waals surface area contributed by atoms with Crippen molar-refractivity contribution in [1.82, 2.24) is 4.90 Å². The summed E-state index contributed by atoms with van der Waals surface area (Å²) in [5.74, 6) is -0.559. The Morgan fingerprint density at radius 2 is 2.05 bits per heavy atom. The average Bonchev–Trinajstić information content (AvgIpc) is 2.91. The number of primary amides is 1. The van der Waals surface area contributed by atoms with Gasteiger partial charge in [-0.15, -0.1) is 0 Å². The monoisotopic (exact) mass is 284 g/mol. The molecule has 3 rings (SSSR count). The highest BCUT2D eigenvalue weighted by Gasteiger charge is 2.36. The van der Waals surface area contributed by atoms with E-state index in [1.807, 2.05) is 24.3 Å². The molecule has 5 nitrogen and oxygen atoms in total. The van der Waals surface area contributed by atoms with Crippen LogP contribution in [0, 0.1) is 6.92 Å². The minimum atomic E-state index is -0.744. The van der Waals surface area contributed by atoms with Crippen molar-refractivity contribution in [2.45, 2.75) is 19.4 Å². The van der Waals surface area contributed by atoms with Gasteiger partial charge in [-0.1, -0.05) is 24.3 Å². The zero-order chi connectivity index (χ0) is 15.0. The molecule has 1 unspecified atom stereocenters. The quantitative estimate of drug-likeness (QED) is 0.913. The van der Waals surface area contributed by atoms with Crippen molar-refractivity contribution in [2.75, 3.05) is 6.54 Å². The minimum Gasteiger partial charge on any atom is -0.459 e. The van der Waals surface area contributed by atoms with Crippen molar-refractivity contribution in [3.05, 3.63) is 59.0 Å². The number of furan rings is 1. The number of carbonyl (C=O) groups excluding carboxylic acids is 2. The zero-order valence-corrected chi connectivity index (χ0v) is 11.7. The van der Waals surface area contributed by atoms with Crippen LogP contribution in [0.4, 0.5) is 0 Å². The van der Waals surface area contributed by atoms with Crippen molar-refractivity contribution < 1.29 is 14.0 Å². The molecule has 0 aliphatic carbocycles. The molecule has 1 aliphatic heterocycles. The number of hydrogen-bond donors (Lipinski definition) is 1. The SMILES string of the molecule is Cc1ccoc1C(=O)N1CCc2ccccc2C1C(N)=O. The average molecular weight is 284 g/mol. The first-order valence-corrected chi connectivity index (χ1v) is 6.82. The van der Waals surface area contributed by atoms with Gasteiger partial charge in [0.1, 0.15) is 6.04 Å². The second-order valence-electron chi connectivity index (χ2n) is 5.19. The molecule has 5 heteroatoms. The fraction of sp³-hybridized carbons (Fsp3) is 0.250. The van der Waals surface area contributed by atoms with Crippen LogP contribution in [0.15, 0.2) is 41.0 Å². The second kappa shape index (κ2) is 5.09. The maximum absolute atomic E-state index is 12.6. The molecule has 0 saturated carbocycles. The lowest BCUT2D eigenvalue weighted by atomic mass is 9.92. The highest BCUT2D eigenvalue weighted by atomic mass is 16.3. The molecule has 0 fully saturated rings. The third kappa shape index (κ3) is 2.20. The summed E-state index contributed by atoms with van der Waals surface area (Å²) in [6, 6.07) is 8.56. The van der Waals surface area contributed by atoms with Crippen LogP contribution in [0.25, 0.3) is 0 Å². The van der Waals surface area contributed by atoms with Gasteiger partial charge in [0.15, 0.2) is 5.76 Å². The number of nitrogens with two attached hydrogens (primary N) is 1. The van der Waals surface area contributed by atoms with Crippen LogP contribution in [0.5, 0.6) is 0 Å². The molecule has 1 aromatic heterocycles. The van der Waals surface area contributed by atoms with E-state index in [1.54, 1.807) is 13.0 Å². The number of fused-ring (bicyclic) bond motifs is 1. The molecular formula is C16H16N2O3. The minimum absolute atomic E-state index is 0.264. The predicted octanol–water partition coefficient (Wildman–Crippen LogP) is 1.81. The summed E-state index contributed by atoms with van der Waals surface area (Å²) < 4.78 is 5.25. The summed E-state index contributed by atoms with van der Waals surface area (Å²) in [4.78, 5) is 26.0. The van der Waals surface area contributed by atoms with Crippen molar-refractivity contribution in [2.24, 2.45) is 5.73 Å². The summed E-state index contributed by atoms with van der Waals surface area (Å²) in [5, 5.41) is 0. The van der Waals surface area contributed by atoms with E-state index in [1.165, 1.54) is 11.2 Å². The fourth-order valence-electron chi connectivity index (χ4n) is 2.81. The Hall–Kier alpha value is -2.56. The van der Waals surface area contributed by atoms with Crippen LogP contribution in [-0.2, 0) is 11.2 Å². The maximum atomic E-state index is 12.6. The second-order valence-corrected chi connectivity index (χ2v) is 5.19. The molecule has 0 saturated heterocycles. The van der Waals surface area contributed by atoms with E-state index in [0.29, 0.717) is 13.0 Å². The standard InChI is InChI=1S/C16H16N2O3/c1-10-7-9-21-14(10)16(20)18-8-6-11-4-2-3-5-12(11)13(18)15(17)19/h2-5,7,9,13H,6,8H2,1H3,(H2,17,19). The molecule has 0 radical (unpaired) electrons. The molecule has 2 aromatic rings. The van der Waals surface area contributed by atoms with Gasteiger partial charge in [0, 0.05) is 12.1 Å². The zero-order valence-electron chi connectivity index (χ0n) is 11.7. The van der Waals surface area contributed by atoms with E-state index in [2.05, 4.69) is 0 Å². The maximum Gasteiger partial charge on any atom is 0.290 e. The summed E-state index contributed by atoms with van der Waals surface area (Å²) in [6.45, 7) is 2.25. The molecule has 108 valence electrons. The molecule has 21 heavy (non-hydrogen) atoms. The first-order chi connectivity index (χ1) is 10.1. The highest BCUT2D eigenvalue weighted by Crippen LogP contribution is 2.31. The molecule has 2 amide bonds. The van der Waals surface area contributed by atoms with Crippen LogP contribution >= 0.6 is 0 Å². The number of rotatable bonds is 2. The fourth-order valence-corrected chi connectivity index (χ4v) is 2.81. The number of aryl methyl sites for hydroxylation is 1. The summed E-state index contributed by atoms with van der Waals surface area (Å²) in [5.41, 5.74) is 8.15. The summed E-state index contributed by atoms with van der Waals surface area (Å²) >= 11 is 0. The van der Waals surface area contributed by atoms with Crippen LogP contribution in [0.3, 0.4) is 0 Å². The van der Waals surface area contributed by atoms with Gasteiger partial charge in [-0.3, -0.25) is 9.59 Å². The third-order valence-electron chi connectivity index (χ3n) is 3.87. The molecular weight excluding hydrogens is 268 g/mol. The van der Waals surface area contributed by atoms with E-state index < -0.39 is 11.9 Å². The van der Waals surface area contributed by atoms with Crippen molar-refractivity contribution in [1.29, 1.82) is 0 Å². The highest BCUT2D eigenvalue weighted by molar-refractivity contribution is 5.97. The lowest BCUT2D eigenvalue weighted by Crippen LogP contribution is -2.45. The molecule has 1 atom stereocenters. The van der Waals surface area contributed by atoms with E-state index in [4.69, 9.17) is 10.2 Å². The van der Waals surface area contributed by atoms with Crippen LogP contribution in [0.1, 0.15) is 33.3 Å². The first kappa shape index (κ1) is 13.4. The lowest BCUT2D eigenvalue weighted by molar-refractivity contribution is -0.123. The Morgan fingerprint density at radius 3 is 2.71 bits per heavy atom. The smallest absolute Gasteiger partial charge is 0.290 e.